The molecule has 2 aromatic heterocycles. The van der Waals surface area contributed by atoms with Gasteiger partial charge >= 0.3 is 0 Å². The molecule has 26 heavy (non-hydrogen) atoms. The maximum absolute atomic E-state index is 12.5. The quantitative estimate of drug-likeness (QED) is 0.738. The van der Waals surface area contributed by atoms with E-state index in [4.69, 9.17) is 4.74 Å². The molecule has 3 aromatic rings. The first-order chi connectivity index (χ1) is 12.7. The maximum atomic E-state index is 12.5. The third-order valence-electron chi connectivity index (χ3n) is 4.77. The highest BCUT2D eigenvalue weighted by Crippen LogP contribution is 2.23. The number of hydrogen-bond donors (Lipinski definition) is 2. The largest absolute Gasteiger partial charge is 0.474 e. The number of nitrogens with one attached hydrogen (secondary N) is 2. The number of ether oxygens (including phenoxy) is 1. The summed E-state index contributed by atoms with van der Waals surface area (Å²) in [6.07, 6.45) is 6.72. The van der Waals surface area contributed by atoms with Crippen molar-refractivity contribution in [1.82, 2.24) is 20.5 Å². The van der Waals surface area contributed by atoms with E-state index in [1.54, 1.807) is 6.20 Å². The van der Waals surface area contributed by atoms with Crippen molar-refractivity contribution in [2.24, 2.45) is 0 Å². The number of H-pyrrole nitrogens is 1. The predicted molar refractivity (Wildman–Crippen MR) is 99.1 cm³/mol. The molecule has 0 atom stereocenters. The Labute approximate surface area is 152 Å². The van der Waals surface area contributed by atoms with E-state index in [1.807, 2.05) is 37.3 Å². The van der Waals surface area contributed by atoms with Crippen LogP contribution >= 0.6 is 0 Å². The van der Waals surface area contributed by atoms with Crippen LogP contribution in [0.1, 0.15) is 47.3 Å². The van der Waals surface area contributed by atoms with Crippen LogP contribution in [0.2, 0.25) is 0 Å². The van der Waals surface area contributed by atoms with Crippen LogP contribution in [-0.4, -0.2) is 27.2 Å². The van der Waals surface area contributed by atoms with E-state index >= 15 is 0 Å². The zero-order valence-electron chi connectivity index (χ0n) is 14.8. The lowest BCUT2D eigenvalue weighted by molar-refractivity contribution is 0.0947. The van der Waals surface area contributed by atoms with E-state index in [0.717, 1.165) is 34.9 Å². The molecule has 1 aliphatic rings. The molecule has 6 heteroatoms. The van der Waals surface area contributed by atoms with E-state index in [2.05, 4.69) is 20.5 Å². The Kier molecular flexibility index (Phi) is 4.56. The number of amides is 1. The number of aromatic amines is 1. The molecule has 2 heterocycles. The van der Waals surface area contributed by atoms with Crippen LogP contribution in [0, 0.1) is 6.92 Å². The van der Waals surface area contributed by atoms with Gasteiger partial charge in [-0.15, -0.1) is 0 Å². The number of carbonyl (C=O) groups excluding carboxylic acids is 1. The van der Waals surface area contributed by atoms with Crippen LogP contribution in [0.4, 0.5) is 0 Å². The van der Waals surface area contributed by atoms with Gasteiger partial charge in [-0.1, -0.05) is 17.7 Å². The average molecular weight is 350 g/mol. The molecule has 6 nitrogen and oxygen atoms in total. The SMILES string of the molecule is Cc1ccc2[nH]nc(C(=O)NCc3ccc(OC4CCCC4)nc3)c2c1. The first-order valence-electron chi connectivity index (χ1n) is 9.03. The molecule has 0 radical (unpaired) electrons. The van der Waals surface area contributed by atoms with Gasteiger partial charge in [-0.3, -0.25) is 9.89 Å². The Balaban J connectivity index is 1.38. The van der Waals surface area contributed by atoms with Gasteiger partial charge in [-0.2, -0.15) is 5.10 Å². The number of rotatable bonds is 5. The zero-order valence-corrected chi connectivity index (χ0v) is 14.8. The maximum Gasteiger partial charge on any atom is 0.272 e. The lowest BCUT2D eigenvalue weighted by Gasteiger charge is -2.12. The minimum absolute atomic E-state index is 0.201. The standard InChI is InChI=1S/C20H22N4O2/c1-13-6-8-17-16(10-13)19(24-23-17)20(25)22-12-14-7-9-18(21-11-14)26-15-4-2-3-5-15/h6-11,15H,2-5,12H2,1H3,(H,22,25)(H,23,24). The van der Waals surface area contributed by atoms with Gasteiger partial charge in [0.1, 0.15) is 6.10 Å². The Morgan fingerprint density at radius 1 is 1.27 bits per heavy atom. The minimum Gasteiger partial charge on any atom is -0.474 e. The second kappa shape index (κ2) is 7.15. The van der Waals surface area contributed by atoms with Crippen LogP contribution in [0.15, 0.2) is 36.5 Å². The fraction of sp³-hybridized carbons (Fsp3) is 0.350. The van der Waals surface area contributed by atoms with Gasteiger partial charge in [0.25, 0.3) is 5.91 Å². The Morgan fingerprint density at radius 3 is 2.88 bits per heavy atom. The topological polar surface area (TPSA) is 79.9 Å². The summed E-state index contributed by atoms with van der Waals surface area (Å²) in [6.45, 7) is 2.39. The van der Waals surface area contributed by atoms with E-state index < -0.39 is 0 Å². The molecule has 2 N–H and O–H groups in total. The summed E-state index contributed by atoms with van der Waals surface area (Å²) in [4.78, 5) is 16.8. The van der Waals surface area contributed by atoms with Crippen LogP contribution in [0.25, 0.3) is 10.9 Å². The molecule has 0 unspecified atom stereocenters. The van der Waals surface area contributed by atoms with Crippen molar-refractivity contribution < 1.29 is 9.53 Å². The molecular formula is C20H22N4O2. The van der Waals surface area contributed by atoms with Gasteiger partial charge in [-0.05, 0) is 50.3 Å². The average Bonchev–Trinajstić information content (AvgIpc) is 3.30. The predicted octanol–water partition coefficient (Wildman–Crippen LogP) is 3.52. The van der Waals surface area contributed by atoms with Crippen molar-refractivity contribution in [2.45, 2.75) is 45.3 Å². The van der Waals surface area contributed by atoms with Gasteiger partial charge < -0.3 is 10.1 Å². The van der Waals surface area contributed by atoms with Gasteiger partial charge in [-0.25, -0.2) is 4.98 Å². The Morgan fingerprint density at radius 2 is 2.12 bits per heavy atom. The van der Waals surface area contributed by atoms with Crippen molar-refractivity contribution in [2.75, 3.05) is 0 Å². The normalized spacial score (nSPS) is 14.7. The van der Waals surface area contributed by atoms with Crippen molar-refractivity contribution in [3.63, 3.8) is 0 Å². The van der Waals surface area contributed by atoms with Crippen molar-refractivity contribution in [3.05, 3.63) is 53.3 Å². The highest BCUT2D eigenvalue weighted by Gasteiger charge is 2.17. The molecule has 1 amide bonds. The summed E-state index contributed by atoms with van der Waals surface area (Å²) in [6, 6.07) is 9.69. The Hall–Kier alpha value is -2.89. The molecule has 4 rings (SSSR count). The van der Waals surface area contributed by atoms with Gasteiger partial charge in [0, 0.05) is 24.2 Å². The summed E-state index contributed by atoms with van der Waals surface area (Å²) >= 11 is 0. The molecule has 1 aromatic carbocycles. The van der Waals surface area contributed by atoms with Crippen molar-refractivity contribution in [1.29, 1.82) is 0 Å². The molecule has 0 bridgehead atoms. The first-order valence-corrected chi connectivity index (χ1v) is 9.03. The van der Waals surface area contributed by atoms with Crippen molar-refractivity contribution >= 4 is 16.8 Å². The summed E-state index contributed by atoms with van der Waals surface area (Å²) in [5, 5.41) is 10.8. The highest BCUT2D eigenvalue weighted by molar-refractivity contribution is 6.04. The molecule has 0 saturated heterocycles. The molecular weight excluding hydrogens is 328 g/mol. The molecule has 1 fully saturated rings. The number of hydrogen-bond acceptors (Lipinski definition) is 4. The first kappa shape index (κ1) is 16.6. The molecule has 0 spiro atoms. The Bertz CT molecular complexity index is 911. The smallest absolute Gasteiger partial charge is 0.272 e. The highest BCUT2D eigenvalue weighted by atomic mass is 16.5. The van der Waals surface area contributed by atoms with Gasteiger partial charge in [0.05, 0.1) is 5.52 Å². The molecule has 1 aliphatic carbocycles. The van der Waals surface area contributed by atoms with Crippen LogP contribution in [0.3, 0.4) is 0 Å². The number of benzene rings is 1. The summed E-state index contributed by atoms with van der Waals surface area (Å²) in [5.41, 5.74) is 3.29. The summed E-state index contributed by atoms with van der Waals surface area (Å²) in [5.74, 6) is 0.453. The minimum atomic E-state index is -0.201. The summed E-state index contributed by atoms with van der Waals surface area (Å²) < 4.78 is 5.86. The zero-order chi connectivity index (χ0) is 17.9. The number of aryl methyl sites for hydroxylation is 1. The molecule has 0 aliphatic heterocycles. The van der Waals surface area contributed by atoms with Crippen LogP contribution in [-0.2, 0) is 6.54 Å². The summed E-state index contributed by atoms with van der Waals surface area (Å²) in [7, 11) is 0. The number of fused-ring (bicyclic) bond motifs is 1. The number of nitrogens with zero attached hydrogens (tertiary/aromatic N) is 2. The fourth-order valence-corrected chi connectivity index (χ4v) is 3.33. The fourth-order valence-electron chi connectivity index (χ4n) is 3.33. The monoisotopic (exact) mass is 350 g/mol. The van der Waals surface area contributed by atoms with Crippen LogP contribution < -0.4 is 10.1 Å². The lowest BCUT2D eigenvalue weighted by Crippen LogP contribution is -2.23. The molecule has 134 valence electrons. The second-order valence-electron chi connectivity index (χ2n) is 6.83. The number of pyridine rings is 1. The van der Waals surface area contributed by atoms with E-state index in [1.165, 1.54) is 12.8 Å². The second-order valence-corrected chi connectivity index (χ2v) is 6.83. The van der Waals surface area contributed by atoms with Gasteiger partial charge in [0.2, 0.25) is 5.88 Å². The van der Waals surface area contributed by atoms with Gasteiger partial charge in [0.15, 0.2) is 5.69 Å². The molecule has 1 saturated carbocycles. The van der Waals surface area contributed by atoms with E-state index in [9.17, 15) is 4.79 Å². The lowest BCUT2D eigenvalue weighted by atomic mass is 10.1. The third-order valence-corrected chi connectivity index (χ3v) is 4.77. The van der Waals surface area contributed by atoms with Crippen molar-refractivity contribution in [3.8, 4) is 5.88 Å². The number of aromatic nitrogens is 3. The van der Waals surface area contributed by atoms with E-state index in [0.29, 0.717) is 24.2 Å². The van der Waals surface area contributed by atoms with Crippen LogP contribution in [0.5, 0.6) is 5.88 Å². The number of carbonyl (C=O) groups is 1. The third kappa shape index (κ3) is 3.54. The van der Waals surface area contributed by atoms with E-state index in [-0.39, 0.29) is 5.91 Å².